The molecule has 0 saturated heterocycles. The van der Waals surface area contributed by atoms with Gasteiger partial charge in [-0.3, -0.25) is 4.79 Å². The van der Waals surface area contributed by atoms with Gasteiger partial charge in [0.2, 0.25) is 0 Å². The molecule has 0 unspecified atom stereocenters. The van der Waals surface area contributed by atoms with Crippen LogP contribution >= 0.6 is 15.9 Å². The van der Waals surface area contributed by atoms with Crippen LogP contribution in [0, 0.1) is 0 Å². The van der Waals surface area contributed by atoms with Gasteiger partial charge in [-0.25, -0.2) is 0 Å². The molecule has 12 heavy (non-hydrogen) atoms. The van der Waals surface area contributed by atoms with E-state index in [0.717, 1.165) is 10.9 Å². The highest BCUT2D eigenvalue weighted by molar-refractivity contribution is 9.08. The van der Waals surface area contributed by atoms with Gasteiger partial charge in [0, 0.05) is 12.3 Å². The first-order valence-corrected chi connectivity index (χ1v) is 4.68. The average molecular weight is 229 g/mol. The van der Waals surface area contributed by atoms with Gasteiger partial charge < -0.3 is 4.74 Å². The third kappa shape index (κ3) is 2.66. The van der Waals surface area contributed by atoms with Crippen LogP contribution in [0.3, 0.4) is 0 Å². The second kappa shape index (κ2) is 4.26. The molecule has 1 aromatic rings. The molecule has 0 aliphatic rings. The van der Waals surface area contributed by atoms with Crippen molar-refractivity contribution in [2.45, 2.75) is 12.3 Å². The van der Waals surface area contributed by atoms with E-state index in [-0.39, 0.29) is 5.97 Å². The van der Waals surface area contributed by atoms with Gasteiger partial charge in [-0.2, -0.15) is 0 Å². The number of carbonyl (C=O) groups excluding carboxylic acids is 1. The van der Waals surface area contributed by atoms with Gasteiger partial charge in [0.25, 0.3) is 0 Å². The number of alkyl halides is 1. The maximum Gasteiger partial charge on any atom is 0.308 e. The van der Waals surface area contributed by atoms with Crippen molar-refractivity contribution in [2.24, 2.45) is 0 Å². The van der Waals surface area contributed by atoms with E-state index in [1.165, 1.54) is 6.92 Å². The van der Waals surface area contributed by atoms with Crippen molar-refractivity contribution in [3.63, 3.8) is 0 Å². The van der Waals surface area contributed by atoms with Gasteiger partial charge in [0.1, 0.15) is 5.75 Å². The Bertz CT molecular complexity index is 284. The largest absolute Gasteiger partial charge is 0.427 e. The number of hydrogen-bond donors (Lipinski definition) is 0. The van der Waals surface area contributed by atoms with Crippen LogP contribution in [-0.4, -0.2) is 5.97 Å². The summed E-state index contributed by atoms with van der Waals surface area (Å²) in [6, 6.07) is 7.40. The average Bonchev–Trinajstić information content (AvgIpc) is 2.03. The SMILES string of the molecule is CC(=O)Oc1cccc(CBr)c1. The lowest BCUT2D eigenvalue weighted by Crippen LogP contribution is -2.01. The number of esters is 1. The molecule has 0 amide bonds. The standard InChI is InChI=1S/C9H9BrO2/c1-7(11)12-9-4-2-3-8(5-9)6-10/h2-5H,6H2,1H3. The van der Waals surface area contributed by atoms with Gasteiger partial charge in [0.15, 0.2) is 0 Å². The summed E-state index contributed by atoms with van der Waals surface area (Å²) in [6.07, 6.45) is 0. The molecule has 0 saturated carbocycles. The van der Waals surface area contributed by atoms with Crippen LogP contribution in [0.15, 0.2) is 24.3 Å². The summed E-state index contributed by atoms with van der Waals surface area (Å²) < 4.78 is 4.90. The maximum atomic E-state index is 10.6. The van der Waals surface area contributed by atoms with Crippen molar-refractivity contribution in [1.82, 2.24) is 0 Å². The van der Waals surface area contributed by atoms with Gasteiger partial charge in [-0.1, -0.05) is 28.1 Å². The lowest BCUT2D eigenvalue weighted by atomic mass is 10.2. The zero-order valence-electron chi connectivity index (χ0n) is 6.71. The van der Waals surface area contributed by atoms with E-state index in [1.54, 1.807) is 6.07 Å². The number of benzene rings is 1. The second-order valence-corrected chi connectivity index (χ2v) is 2.94. The van der Waals surface area contributed by atoms with E-state index in [4.69, 9.17) is 4.74 Å². The Morgan fingerprint density at radius 2 is 2.33 bits per heavy atom. The Kier molecular flexibility index (Phi) is 3.29. The summed E-state index contributed by atoms with van der Waals surface area (Å²) in [5, 5.41) is 0.766. The number of halogens is 1. The second-order valence-electron chi connectivity index (χ2n) is 2.37. The molecule has 0 fully saturated rings. The predicted octanol–water partition coefficient (Wildman–Crippen LogP) is 2.51. The molecule has 1 aromatic carbocycles. The molecule has 0 radical (unpaired) electrons. The summed E-state index contributed by atoms with van der Waals surface area (Å²) in [5.41, 5.74) is 1.09. The van der Waals surface area contributed by atoms with Crippen LogP contribution in [0.25, 0.3) is 0 Å². The molecule has 0 aromatic heterocycles. The molecular formula is C9H9BrO2. The summed E-state index contributed by atoms with van der Waals surface area (Å²) in [6.45, 7) is 1.39. The quantitative estimate of drug-likeness (QED) is 0.442. The fourth-order valence-electron chi connectivity index (χ4n) is 0.858. The van der Waals surface area contributed by atoms with Gasteiger partial charge in [0.05, 0.1) is 0 Å². The molecular weight excluding hydrogens is 220 g/mol. The normalized spacial score (nSPS) is 9.50. The molecule has 2 nitrogen and oxygen atoms in total. The van der Waals surface area contributed by atoms with E-state index in [0.29, 0.717) is 5.75 Å². The molecule has 0 aliphatic carbocycles. The van der Waals surface area contributed by atoms with Crippen molar-refractivity contribution in [3.05, 3.63) is 29.8 Å². The first-order valence-electron chi connectivity index (χ1n) is 3.55. The fourth-order valence-corrected chi connectivity index (χ4v) is 1.21. The zero-order valence-corrected chi connectivity index (χ0v) is 8.30. The van der Waals surface area contributed by atoms with E-state index in [9.17, 15) is 4.79 Å². The van der Waals surface area contributed by atoms with E-state index >= 15 is 0 Å². The monoisotopic (exact) mass is 228 g/mol. The van der Waals surface area contributed by atoms with Gasteiger partial charge in [-0.05, 0) is 17.7 Å². The lowest BCUT2D eigenvalue weighted by molar-refractivity contribution is -0.131. The maximum absolute atomic E-state index is 10.6. The summed E-state index contributed by atoms with van der Waals surface area (Å²) >= 11 is 3.32. The molecule has 0 atom stereocenters. The highest BCUT2D eigenvalue weighted by Gasteiger charge is 1.97. The minimum Gasteiger partial charge on any atom is -0.427 e. The van der Waals surface area contributed by atoms with Crippen molar-refractivity contribution in [2.75, 3.05) is 0 Å². The molecule has 1 rings (SSSR count). The molecule has 0 spiro atoms. The van der Waals surface area contributed by atoms with Crippen molar-refractivity contribution < 1.29 is 9.53 Å². The highest BCUT2D eigenvalue weighted by Crippen LogP contribution is 2.15. The first-order chi connectivity index (χ1) is 5.72. The predicted molar refractivity (Wildman–Crippen MR) is 50.4 cm³/mol. The Hall–Kier alpha value is -0.830. The number of ether oxygens (including phenoxy) is 1. The Labute approximate surface area is 79.7 Å². The zero-order chi connectivity index (χ0) is 8.97. The van der Waals surface area contributed by atoms with Crippen LogP contribution in [0.2, 0.25) is 0 Å². The van der Waals surface area contributed by atoms with Gasteiger partial charge in [-0.15, -0.1) is 0 Å². The summed E-state index contributed by atoms with van der Waals surface area (Å²) in [4.78, 5) is 10.6. The van der Waals surface area contributed by atoms with Crippen molar-refractivity contribution >= 4 is 21.9 Å². The van der Waals surface area contributed by atoms with Crippen LogP contribution < -0.4 is 4.74 Å². The number of rotatable bonds is 2. The Morgan fingerprint density at radius 3 is 2.92 bits per heavy atom. The molecule has 0 aliphatic heterocycles. The molecule has 0 bridgehead atoms. The first kappa shape index (κ1) is 9.26. The third-order valence-corrected chi connectivity index (χ3v) is 1.96. The van der Waals surface area contributed by atoms with Crippen molar-refractivity contribution in [1.29, 1.82) is 0 Å². The molecule has 64 valence electrons. The van der Waals surface area contributed by atoms with E-state index in [2.05, 4.69) is 15.9 Å². The number of carbonyl (C=O) groups is 1. The topological polar surface area (TPSA) is 26.3 Å². The Morgan fingerprint density at radius 1 is 1.58 bits per heavy atom. The molecule has 3 heteroatoms. The van der Waals surface area contributed by atoms with E-state index in [1.807, 2.05) is 18.2 Å². The van der Waals surface area contributed by atoms with Crippen molar-refractivity contribution in [3.8, 4) is 5.75 Å². The smallest absolute Gasteiger partial charge is 0.308 e. The summed E-state index contributed by atoms with van der Waals surface area (Å²) in [7, 11) is 0. The van der Waals surface area contributed by atoms with Crippen LogP contribution in [0.1, 0.15) is 12.5 Å². The van der Waals surface area contributed by atoms with Crippen LogP contribution in [-0.2, 0) is 10.1 Å². The summed E-state index contributed by atoms with van der Waals surface area (Å²) in [5.74, 6) is 0.307. The van der Waals surface area contributed by atoms with Crippen LogP contribution in [0.5, 0.6) is 5.75 Å². The highest BCUT2D eigenvalue weighted by atomic mass is 79.9. The fraction of sp³-hybridized carbons (Fsp3) is 0.222. The molecule has 0 heterocycles. The van der Waals surface area contributed by atoms with E-state index < -0.39 is 0 Å². The third-order valence-electron chi connectivity index (χ3n) is 1.31. The van der Waals surface area contributed by atoms with Crippen LogP contribution in [0.4, 0.5) is 0 Å². The lowest BCUT2D eigenvalue weighted by Gasteiger charge is -2.01. The minimum atomic E-state index is -0.290. The number of hydrogen-bond acceptors (Lipinski definition) is 2. The van der Waals surface area contributed by atoms with Gasteiger partial charge >= 0.3 is 5.97 Å². The minimum absolute atomic E-state index is 0.290. The molecule has 0 N–H and O–H groups in total. The Balaban J connectivity index is 2.79.